The molecule has 0 fully saturated rings. The summed E-state index contributed by atoms with van der Waals surface area (Å²) in [6.07, 6.45) is -0.922. The van der Waals surface area contributed by atoms with Crippen LogP contribution in [0.4, 0.5) is 10.1 Å². The average Bonchev–Trinajstić information content (AvgIpc) is 3.34. The maximum atomic E-state index is 14.6. The molecular weight excluding hydrogens is 399 g/mol. The molecule has 0 unspecified atom stereocenters. The second-order valence-electron chi connectivity index (χ2n) is 7.73. The Kier molecular flexibility index (Phi) is 4.69. The maximum Gasteiger partial charge on any atom is 0.272 e. The quantitative estimate of drug-likeness (QED) is 0.707. The molecule has 0 spiro atoms. The minimum Gasteiger partial charge on any atom is -0.489 e. The van der Waals surface area contributed by atoms with Crippen molar-refractivity contribution in [1.29, 1.82) is 0 Å². The van der Waals surface area contributed by atoms with Gasteiger partial charge in [0.05, 0.1) is 17.4 Å². The Bertz CT molecular complexity index is 1150. The van der Waals surface area contributed by atoms with E-state index in [-0.39, 0.29) is 30.7 Å². The fourth-order valence-corrected chi connectivity index (χ4v) is 4.16. The van der Waals surface area contributed by atoms with Crippen molar-refractivity contribution < 1.29 is 18.7 Å². The lowest BCUT2D eigenvalue weighted by atomic mass is 10.0. The first-order valence-corrected chi connectivity index (χ1v) is 10.1. The number of hydrogen-bond donors (Lipinski definition) is 1. The van der Waals surface area contributed by atoms with Crippen LogP contribution in [0.15, 0.2) is 60.7 Å². The number of amides is 2. The molecule has 8 heteroatoms. The number of nitrogens with zero attached hydrogens (tertiary/aromatic N) is 3. The smallest absolute Gasteiger partial charge is 0.272 e. The fourth-order valence-electron chi connectivity index (χ4n) is 4.16. The number of para-hydroxylation sites is 2. The zero-order chi connectivity index (χ0) is 21.5. The van der Waals surface area contributed by atoms with Gasteiger partial charge in [0, 0.05) is 13.5 Å². The summed E-state index contributed by atoms with van der Waals surface area (Å²) < 4.78 is 21.9. The minimum absolute atomic E-state index is 0.00211. The summed E-state index contributed by atoms with van der Waals surface area (Å²) in [5, 5.41) is 7.07. The van der Waals surface area contributed by atoms with Crippen LogP contribution in [0.3, 0.4) is 0 Å². The zero-order valence-corrected chi connectivity index (χ0v) is 16.9. The van der Waals surface area contributed by atoms with Gasteiger partial charge in [-0.3, -0.25) is 14.3 Å². The number of anilines is 1. The van der Waals surface area contributed by atoms with Crippen molar-refractivity contribution >= 4 is 17.5 Å². The first kappa shape index (κ1) is 19.3. The van der Waals surface area contributed by atoms with Crippen LogP contribution in [-0.4, -0.2) is 41.3 Å². The van der Waals surface area contributed by atoms with Gasteiger partial charge >= 0.3 is 0 Å². The van der Waals surface area contributed by atoms with Gasteiger partial charge in [0.25, 0.3) is 11.8 Å². The predicted molar refractivity (Wildman–Crippen MR) is 112 cm³/mol. The monoisotopic (exact) mass is 420 g/mol. The molecule has 2 aliphatic rings. The number of fused-ring (bicyclic) bond motifs is 2. The van der Waals surface area contributed by atoms with Crippen LogP contribution in [0.2, 0.25) is 0 Å². The van der Waals surface area contributed by atoms with Crippen LogP contribution in [0.1, 0.15) is 40.4 Å². The van der Waals surface area contributed by atoms with Gasteiger partial charge in [0.15, 0.2) is 5.69 Å². The normalized spacial score (nSPS) is 22.3. The zero-order valence-electron chi connectivity index (χ0n) is 16.9. The third-order valence-corrected chi connectivity index (χ3v) is 5.79. The number of hydrogen-bond acceptors (Lipinski definition) is 4. The van der Waals surface area contributed by atoms with Gasteiger partial charge in [-0.1, -0.05) is 42.5 Å². The van der Waals surface area contributed by atoms with E-state index < -0.39 is 18.1 Å². The van der Waals surface area contributed by atoms with Crippen molar-refractivity contribution in [3.63, 3.8) is 0 Å². The molecule has 0 bridgehead atoms. The standard InChI is InChI=1S/C23H21FN4O3/c1-27-18-9-5-6-10-21(18)31-13-17(23(27)30)25-22(29)16-12-20-15(24)11-19(28(20)26-16)14-7-3-2-4-8-14/h2-10,12,15,17,19H,11,13H2,1H3,(H,25,29)/t15-,17+,19-/m1/s1. The Hall–Kier alpha value is -3.68. The third-order valence-electron chi connectivity index (χ3n) is 5.79. The number of benzene rings is 2. The summed E-state index contributed by atoms with van der Waals surface area (Å²) in [6.45, 7) is -0.00211. The highest BCUT2D eigenvalue weighted by atomic mass is 19.1. The lowest BCUT2D eigenvalue weighted by Gasteiger charge is -2.20. The fraction of sp³-hybridized carbons (Fsp3) is 0.261. The molecular formula is C23H21FN4O3. The number of aromatic nitrogens is 2. The second kappa shape index (κ2) is 7.54. The van der Waals surface area contributed by atoms with E-state index in [0.29, 0.717) is 17.1 Å². The Balaban J connectivity index is 1.36. The van der Waals surface area contributed by atoms with E-state index in [0.717, 1.165) is 5.56 Å². The summed E-state index contributed by atoms with van der Waals surface area (Å²) in [6, 6.07) is 17.0. The topological polar surface area (TPSA) is 76.5 Å². The SMILES string of the molecule is CN1C(=O)[C@@H](NC(=O)c2cc3n(n2)[C@@H](c2ccccc2)C[C@H]3F)COc2ccccc21. The molecule has 3 aromatic rings. The van der Waals surface area contributed by atoms with Crippen LogP contribution in [0.5, 0.6) is 5.75 Å². The van der Waals surface area contributed by atoms with Gasteiger partial charge in [0.2, 0.25) is 0 Å². The number of alkyl halides is 1. The average molecular weight is 420 g/mol. The molecule has 7 nitrogen and oxygen atoms in total. The van der Waals surface area contributed by atoms with E-state index in [4.69, 9.17) is 4.74 Å². The highest BCUT2D eigenvalue weighted by molar-refractivity contribution is 6.02. The van der Waals surface area contributed by atoms with Gasteiger partial charge < -0.3 is 15.0 Å². The molecule has 0 radical (unpaired) electrons. The largest absolute Gasteiger partial charge is 0.489 e. The van der Waals surface area contributed by atoms with Gasteiger partial charge in [0.1, 0.15) is 24.6 Å². The minimum atomic E-state index is -1.21. The van der Waals surface area contributed by atoms with Gasteiger partial charge in [-0.2, -0.15) is 5.10 Å². The number of carbonyl (C=O) groups excluding carboxylic acids is 2. The van der Waals surface area contributed by atoms with Crippen LogP contribution in [0.25, 0.3) is 0 Å². The van der Waals surface area contributed by atoms with E-state index in [1.807, 2.05) is 42.5 Å². The first-order chi connectivity index (χ1) is 15.0. The van der Waals surface area contributed by atoms with Crippen LogP contribution in [-0.2, 0) is 4.79 Å². The molecule has 2 amide bonds. The number of ether oxygens (including phenoxy) is 1. The number of rotatable bonds is 3. The molecule has 31 heavy (non-hydrogen) atoms. The Labute approximate surface area is 178 Å². The van der Waals surface area contributed by atoms with Gasteiger partial charge in [-0.05, 0) is 23.8 Å². The predicted octanol–water partition coefficient (Wildman–Crippen LogP) is 3.04. The molecule has 0 saturated carbocycles. The molecule has 3 heterocycles. The maximum absolute atomic E-state index is 14.6. The highest BCUT2D eigenvalue weighted by Crippen LogP contribution is 2.40. The summed E-state index contributed by atoms with van der Waals surface area (Å²) in [7, 11) is 1.64. The van der Waals surface area contributed by atoms with Gasteiger partial charge in [-0.25, -0.2) is 4.39 Å². The first-order valence-electron chi connectivity index (χ1n) is 10.1. The van der Waals surface area contributed by atoms with Crippen molar-refractivity contribution in [2.45, 2.75) is 24.7 Å². The summed E-state index contributed by atoms with van der Waals surface area (Å²) >= 11 is 0. The van der Waals surface area contributed by atoms with Crippen molar-refractivity contribution in [1.82, 2.24) is 15.1 Å². The highest BCUT2D eigenvalue weighted by Gasteiger charge is 2.36. The second-order valence-corrected chi connectivity index (χ2v) is 7.73. The Morgan fingerprint density at radius 3 is 2.71 bits per heavy atom. The third kappa shape index (κ3) is 3.34. The van der Waals surface area contributed by atoms with Crippen molar-refractivity contribution in [3.8, 4) is 5.75 Å². The van der Waals surface area contributed by atoms with Crippen molar-refractivity contribution in [3.05, 3.63) is 77.6 Å². The van der Waals surface area contributed by atoms with E-state index in [2.05, 4.69) is 10.4 Å². The van der Waals surface area contributed by atoms with E-state index in [9.17, 15) is 14.0 Å². The van der Waals surface area contributed by atoms with E-state index in [1.54, 1.807) is 23.9 Å². The van der Waals surface area contributed by atoms with E-state index >= 15 is 0 Å². The number of likely N-dealkylation sites (N-methyl/N-ethyl adjacent to an activating group) is 1. The van der Waals surface area contributed by atoms with Crippen molar-refractivity contribution in [2.75, 3.05) is 18.6 Å². The van der Waals surface area contributed by atoms with Crippen LogP contribution in [0, 0.1) is 0 Å². The number of carbonyl (C=O) groups is 2. The molecule has 3 atom stereocenters. The summed E-state index contributed by atoms with van der Waals surface area (Å²) in [5.74, 6) is -0.264. The van der Waals surface area contributed by atoms with Crippen LogP contribution >= 0.6 is 0 Å². The molecule has 158 valence electrons. The molecule has 0 saturated heterocycles. The molecule has 2 aliphatic heterocycles. The lowest BCUT2D eigenvalue weighted by molar-refractivity contribution is -0.120. The lowest BCUT2D eigenvalue weighted by Crippen LogP contribution is -2.49. The molecule has 1 N–H and O–H groups in total. The summed E-state index contributed by atoms with van der Waals surface area (Å²) in [4.78, 5) is 27.2. The molecule has 0 aliphatic carbocycles. The van der Waals surface area contributed by atoms with Crippen LogP contribution < -0.4 is 15.0 Å². The summed E-state index contributed by atoms with van der Waals surface area (Å²) in [5.41, 5.74) is 2.02. The Morgan fingerprint density at radius 2 is 1.90 bits per heavy atom. The van der Waals surface area contributed by atoms with Crippen molar-refractivity contribution in [2.24, 2.45) is 0 Å². The Morgan fingerprint density at radius 1 is 1.16 bits per heavy atom. The number of nitrogens with one attached hydrogen (secondary N) is 1. The number of halogens is 1. The van der Waals surface area contributed by atoms with E-state index in [1.165, 1.54) is 11.0 Å². The molecule has 2 aromatic carbocycles. The van der Waals surface area contributed by atoms with Gasteiger partial charge in [-0.15, -0.1) is 0 Å². The molecule has 5 rings (SSSR count). The molecule has 1 aromatic heterocycles.